The maximum atomic E-state index is 12.6. The van der Waals surface area contributed by atoms with E-state index in [-0.39, 0.29) is 5.91 Å². The van der Waals surface area contributed by atoms with Gasteiger partial charge in [-0.1, -0.05) is 29.8 Å². The summed E-state index contributed by atoms with van der Waals surface area (Å²) in [6.45, 7) is 7.59. The van der Waals surface area contributed by atoms with Gasteiger partial charge < -0.3 is 4.90 Å². The predicted molar refractivity (Wildman–Crippen MR) is 92.6 cm³/mol. The van der Waals surface area contributed by atoms with Crippen molar-refractivity contribution in [2.75, 3.05) is 13.1 Å². The molecule has 1 saturated heterocycles. The first-order chi connectivity index (χ1) is 10.9. The third kappa shape index (κ3) is 3.47. The number of hydrogen-bond donors (Lipinski definition) is 1. The summed E-state index contributed by atoms with van der Waals surface area (Å²) in [7, 11) is 0. The van der Waals surface area contributed by atoms with Crippen LogP contribution < -0.4 is 0 Å². The number of carbonyl (C=O) groups excluding carboxylic acids is 1. The molecule has 1 aliphatic heterocycles. The number of H-pyrrole nitrogens is 1. The van der Waals surface area contributed by atoms with E-state index in [0.717, 1.165) is 34.5 Å². The van der Waals surface area contributed by atoms with Crippen LogP contribution in [0.1, 0.15) is 59.7 Å². The van der Waals surface area contributed by atoms with Gasteiger partial charge >= 0.3 is 0 Å². The van der Waals surface area contributed by atoms with E-state index in [1.165, 1.54) is 0 Å². The fourth-order valence-electron chi connectivity index (χ4n) is 2.96. The first-order valence-electron chi connectivity index (χ1n) is 7.92. The molecule has 1 amide bonds. The lowest BCUT2D eigenvalue weighted by Gasteiger charge is -2.15. The minimum absolute atomic E-state index is 0.0265. The number of carbonyl (C=O) groups is 1. The van der Waals surface area contributed by atoms with Gasteiger partial charge in [0.25, 0.3) is 5.91 Å². The van der Waals surface area contributed by atoms with E-state index in [0.29, 0.717) is 24.1 Å². The molecule has 3 heterocycles. The number of hydrogen-bond acceptors (Lipinski definition) is 3. The summed E-state index contributed by atoms with van der Waals surface area (Å²) in [6, 6.07) is 5.92. The number of pyridine rings is 1. The zero-order valence-electron chi connectivity index (χ0n) is 13.6. The van der Waals surface area contributed by atoms with Crippen LogP contribution >= 0.6 is 15.9 Å². The molecule has 2 aromatic rings. The second kappa shape index (κ2) is 6.43. The Morgan fingerprint density at radius 3 is 2.83 bits per heavy atom. The highest BCUT2D eigenvalue weighted by Crippen LogP contribution is 2.29. The van der Waals surface area contributed by atoms with Crippen molar-refractivity contribution in [1.29, 1.82) is 0 Å². The van der Waals surface area contributed by atoms with Gasteiger partial charge in [0.05, 0.1) is 5.69 Å². The van der Waals surface area contributed by atoms with E-state index >= 15 is 0 Å². The largest absolute Gasteiger partial charge is 0.337 e. The molecule has 1 N–H and O–H groups in total. The topological polar surface area (TPSA) is 61.9 Å². The van der Waals surface area contributed by atoms with E-state index in [9.17, 15) is 4.79 Å². The van der Waals surface area contributed by atoms with E-state index in [2.05, 4.69) is 51.0 Å². The van der Waals surface area contributed by atoms with Crippen LogP contribution in [0.25, 0.3) is 0 Å². The van der Waals surface area contributed by atoms with Crippen LogP contribution in [0.5, 0.6) is 0 Å². The molecular formula is C17H21BrN4O. The number of nitrogens with one attached hydrogen (secondary N) is 1. The van der Waals surface area contributed by atoms with E-state index in [1.54, 1.807) is 0 Å². The molecule has 0 radical (unpaired) electrons. The average molecular weight is 377 g/mol. The van der Waals surface area contributed by atoms with Crippen LogP contribution in [-0.4, -0.2) is 39.1 Å². The first kappa shape index (κ1) is 16.2. The molecule has 0 aliphatic carbocycles. The van der Waals surface area contributed by atoms with Crippen molar-refractivity contribution in [3.63, 3.8) is 0 Å². The molecule has 0 bridgehead atoms. The zero-order chi connectivity index (χ0) is 16.6. The molecule has 3 rings (SSSR count). The van der Waals surface area contributed by atoms with Crippen molar-refractivity contribution in [1.82, 2.24) is 20.1 Å². The van der Waals surface area contributed by atoms with Gasteiger partial charge in [0, 0.05) is 34.9 Å². The third-order valence-electron chi connectivity index (χ3n) is 4.25. The summed E-state index contributed by atoms with van der Waals surface area (Å²) in [6.07, 6.45) is 0.944. The molecule has 1 fully saturated rings. The summed E-state index contributed by atoms with van der Waals surface area (Å²) in [5.41, 5.74) is 3.55. The van der Waals surface area contributed by atoms with Crippen LogP contribution in [0.4, 0.5) is 0 Å². The molecular weight excluding hydrogens is 356 g/mol. The Bertz CT molecular complexity index is 705. The molecule has 23 heavy (non-hydrogen) atoms. The molecule has 6 heteroatoms. The molecule has 1 atom stereocenters. The number of nitrogens with zero attached hydrogens (tertiary/aromatic N) is 3. The molecule has 2 aromatic heterocycles. The molecule has 122 valence electrons. The monoisotopic (exact) mass is 376 g/mol. The summed E-state index contributed by atoms with van der Waals surface area (Å²) in [5.74, 6) is 0.634. The lowest BCUT2D eigenvalue weighted by Crippen LogP contribution is -2.28. The van der Waals surface area contributed by atoms with Gasteiger partial charge in [0.2, 0.25) is 0 Å². The van der Waals surface area contributed by atoms with Gasteiger partial charge in [-0.2, -0.15) is 5.10 Å². The minimum Gasteiger partial charge on any atom is -0.337 e. The van der Waals surface area contributed by atoms with Gasteiger partial charge in [0.15, 0.2) is 0 Å². The van der Waals surface area contributed by atoms with Crippen LogP contribution in [0.15, 0.2) is 22.7 Å². The Balaban J connectivity index is 1.72. The number of aryl methyl sites for hydroxylation is 1. The van der Waals surface area contributed by atoms with Crippen LogP contribution in [0.2, 0.25) is 0 Å². The maximum absolute atomic E-state index is 12.6. The number of aromatic nitrogens is 3. The lowest BCUT2D eigenvalue weighted by molar-refractivity contribution is 0.0785. The molecule has 0 aromatic carbocycles. The predicted octanol–water partition coefficient (Wildman–Crippen LogP) is 3.63. The second-order valence-electron chi connectivity index (χ2n) is 6.45. The molecule has 5 nitrogen and oxygen atoms in total. The number of amides is 1. The van der Waals surface area contributed by atoms with Gasteiger partial charge in [-0.05, 0) is 37.5 Å². The Morgan fingerprint density at radius 1 is 1.39 bits per heavy atom. The maximum Gasteiger partial charge on any atom is 0.271 e. The SMILES string of the molecule is Cc1cc(Br)cc(C2CCN(C(=O)c3cc(C(C)C)n[nH]3)C2)n1. The Morgan fingerprint density at radius 2 is 2.17 bits per heavy atom. The highest BCUT2D eigenvalue weighted by Gasteiger charge is 2.30. The van der Waals surface area contributed by atoms with Crippen molar-refractivity contribution in [3.05, 3.63) is 45.4 Å². The molecule has 0 spiro atoms. The highest BCUT2D eigenvalue weighted by atomic mass is 79.9. The summed E-state index contributed by atoms with van der Waals surface area (Å²) in [4.78, 5) is 19.1. The molecule has 0 saturated carbocycles. The normalized spacial score (nSPS) is 18.0. The quantitative estimate of drug-likeness (QED) is 0.889. The minimum atomic E-state index is 0.0265. The van der Waals surface area contributed by atoms with Crippen molar-refractivity contribution in [2.45, 2.75) is 39.0 Å². The summed E-state index contributed by atoms with van der Waals surface area (Å²) < 4.78 is 1.04. The highest BCUT2D eigenvalue weighted by molar-refractivity contribution is 9.10. The van der Waals surface area contributed by atoms with Gasteiger partial charge in [-0.15, -0.1) is 0 Å². The van der Waals surface area contributed by atoms with Crippen molar-refractivity contribution >= 4 is 21.8 Å². The first-order valence-corrected chi connectivity index (χ1v) is 8.72. The molecule has 1 unspecified atom stereocenters. The zero-order valence-corrected chi connectivity index (χ0v) is 15.2. The van der Waals surface area contributed by atoms with Crippen molar-refractivity contribution in [3.8, 4) is 0 Å². The third-order valence-corrected chi connectivity index (χ3v) is 4.71. The smallest absolute Gasteiger partial charge is 0.271 e. The summed E-state index contributed by atoms with van der Waals surface area (Å²) in [5, 5.41) is 7.09. The van der Waals surface area contributed by atoms with Crippen molar-refractivity contribution < 1.29 is 4.79 Å². The van der Waals surface area contributed by atoms with Crippen LogP contribution in [-0.2, 0) is 0 Å². The number of aromatic amines is 1. The fourth-order valence-corrected chi connectivity index (χ4v) is 3.52. The van der Waals surface area contributed by atoms with Gasteiger partial charge in [-0.25, -0.2) is 0 Å². The van der Waals surface area contributed by atoms with Crippen LogP contribution in [0.3, 0.4) is 0 Å². The average Bonchev–Trinajstić information content (AvgIpc) is 3.15. The number of halogens is 1. The van der Waals surface area contributed by atoms with Crippen LogP contribution in [0, 0.1) is 6.92 Å². The number of rotatable bonds is 3. The van der Waals surface area contributed by atoms with Crippen molar-refractivity contribution in [2.24, 2.45) is 0 Å². The van der Waals surface area contributed by atoms with Gasteiger partial charge in [-0.3, -0.25) is 14.9 Å². The summed E-state index contributed by atoms with van der Waals surface area (Å²) >= 11 is 3.52. The lowest BCUT2D eigenvalue weighted by atomic mass is 10.0. The van der Waals surface area contributed by atoms with Gasteiger partial charge in [0.1, 0.15) is 5.69 Å². The van der Waals surface area contributed by atoms with E-state index in [1.807, 2.05) is 24.0 Å². The van der Waals surface area contributed by atoms with E-state index < -0.39 is 0 Å². The second-order valence-corrected chi connectivity index (χ2v) is 7.37. The standard InChI is InChI=1S/C17H21BrN4O/c1-10(2)14-8-16(21-20-14)17(23)22-5-4-12(9-22)15-7-13(18)6-11(3)19-15/h6-8,10,12H,4-5,9H2,1-3H3,(H,20,21). The fraction of sp³-hybridized carbons (Fsp3) is 0.471. The van der Waals surface area contributed by atoms with E-state index in [4.69, 9.17) is 0 Å². The Hall–Kier alpha value is -1.69. The number of likely N-dealkylation sites (tertiary alicyclic amines) is 1. The molecule has 1 aliphatic rings. The Kier molecular flexibility index (Phi) is 4.53. The Labute approximate surface area is 144 Å².